The first kappa shape index (κ1) is 13.0. The summed E-state index contributed by atoms with van der Waals surface area (Å²) >= 11 is 0. The van der Waals surface area contributed by atoms with E-state index >= 15 is 0 Å². The van der Waals surface area contributed by atoms with Crippen LogP contribution in [-0.2, 0) is 0 Å². The molecule has 2 N–H and O–H groups in total. The van der Waals surface area contributed by atoms with E-state index in [9.17, 15) is 10.2 Å². The first-order valence-corrected chi connectivity index (χ1v) is 5.90. The molecular weight excluding hydrogens is 200 g/mol. The monoisotopic (exact) mass is 222 g/mol. The smallest absolute Gasteiger partial charge is 0.125 e. The van der Waals surface area contributed by atoms with Gasteiger partial charge in [0.05, 0.1) is 6.10 Å². The Morgan fingerprint density at radius 2 is 1.31 bits per heavy atom. The SMILES string of the molecule is CC(C)c1ccc(C(C)C)c(C(C)O)c1O. The van der Waals surface area contributed by atoms with Crippen molar-refractivity contribution in [2.75, 3.05) is 0 Å². The number of rotatable bonds is 3. The van der Waals surface area contributed by atoms with E-state index in [2.05, 4.69) is 13.8 Å². The maximum Gasteiger partial charge on any atom is 0.125 e. The predicted octanol–water partition coefficient (Wildman–Crippen LogP) is 3.69. The van der Waals surface area contributed by atoms with Gasteiger partial charge in [-0.3, -0.25) is 0 Å². The van der Waals surface area contributed by atoms with E-state index in [1.54, 1.807) is 6.92 Å². The minimum Gasteiger partial charge on any atom is -0.507 e. The first-order chi connectivity index (χ1) is 7.36. The van der Waals surface area contributed by atoms with Crippen LogP contribution in [0.15, 0.2) is 12.1 Å². The van der Waals surface area contributed by atoms with Crippen molar-refractivity contribution >= 4 is 0 Å². The Bertz CT molecular complexity index is 365. The van der Waals surface area contributed by atoms with E-state index < -0.39 is 6.10 Å². The van der Waals surface area contributed by atoms with E-state index in [0.717, 1.165) is 11.1 Å². The minimum atomic E-state index is -0.629. The molecule has 2 nitrogen and oxygen atoms in total. The zero-order chi connectivity index (χ0) is 12.5. The lowest BCUT2D eigenvalue weighted by Crippen LogP contribution is -2.03. The van der Waals surface area contributed by atoms with Gasteiger partial charge in [0.1, 0.15) is 5.75 Å². The number of aromatic hydroxyl groups is 1. The highest BCUT2D eigenvalue weighted by Gasteiger charge is 2.19. The zero-order valence-corrected chi connectivity index (χ0v) is 10.8. The molecule has 0 heterocycles. The van der Waals surface area contributed by atoms with Crippen LogP contribution in [0.25, 0.3) is 0 Å². The third-order valence-electron chi connectivity index (χ3n) is 2.94. The van der Waals surface area contributed by atoms with Crippen LogP contribution < -0.4 is 0 Å². The molecule has 2 heteroatoms. The largest absolute Gasteiger partial charge is 0.507 e. The molecule has 0 aliphatic heterocycles. The van der Waals surface area contributed by atoms with Gasteiger partial charge in [-0.2, -0.15) is 0 Å². The molecule has 0 aromatic heterocycles. The molecule has 1 unspecified atom stereocenters. The molecule has 0 radical (unpaired) electrons. The van der Waals surface area contributed by atoms with Crippen LogP contribution in [0.4, 0.5) is 0 Å². The Kier molecular flexibility index (Phi) is 3.98. The van der Waals surface area contributed by atoms with Gasteiger partial charge in [-0.25, -0.2) is 0 Å². The molecule has 0 bridgehead atoms. The van der Waals surface area contributed by atoms with Crippen LogP contribution in [0, 0.1) is 0 Å². The quantitative estimate of drug-likeness (QED) is 0.818. The summed E-state index contributed by atoms with van der Waals surface area (Å²) in [4.78, 5) is 0. The second-order valence-corrected chi connectivity index (χ2v) is 4.99. The summed E-state index contributed by atoms with van der Waals surface area (Å²) in [5.74, 6) is 0.826. The van der Waals surface area contributed by atoms with Crippen molar-refractivity contribution < 1.29 is 10.2 Å². The molecule has 0 aliphatic rings. The molecule has 0 amide bonds. The Hall–Kier alpha value is -1.02. The normalized spacial score (nSPS) is 13.5. The Morgan fingerprint density at radius 1 is 0.875 bits per heavy atom. The highest BCUT2D eigenvalue weighted by molar-refractivity contribution is 5.49. The highest BCUT2D eigenvalue weighted by atomic mass is 16.3. The summed E-state index contributed by atoms with van der Waals surface area (Å²) in [7, 11) is 0. The fourth-order valence-electron chi connectivity index (χ4n) is 2.05. The predicted molar refractivity (Wildman–Crippen MR) is 66.9 cm³/mol. The summed E-state index contributed by atoms with van der Waals surface area (Å²) in [6.07, 6.45) is -0.629. The van der Waals surface area contributed by atoms with Crippen LogP contribution in [-0.4, -0.2) is 10.2 Å². The molecule has 0 spiro atoms. The van der Waals surface area contributed by atoms with Gasteiger partial charge >= 0.3 is 0 Å². The van der Waals surface area contributed by atoms with Gasteiger partial charge in [0.2, 0.25) is 0 Å². The molecule has 0 aliphatic carbocycles. The standard InChI is InChI=1S/C14H22O2/c1-8(2)11-6-7-12(9(3)4)14(16)13(11)10(5)15/h6-10,15-16H,1-5H3. The number of hydrogen-bond acceptors (Lipinski definition) is 2. The van der Waals surface area contributed by atoms with E-state index in [4.69, 9.17) is 0 Å². The van der Waals surface area contributed by atoms with Crippen molar-refractivity contribution in [3.63, 3.8) is 0 Å². The summed E-state index contributed by atoms with van der Waals surface area (Å²) in [5.41, 5.74) is 2.61. The lowest BCUT2D eigenvalue weighted by molar-refractivity contribution is 0.193. The van der Waals surface area contributed by atoms with Crippen molar-refractivity contribution in [3.8, 4) is 5.75 Å². The number of aliphatic hydroxyl groups is 1. The lowest BCUT2D eigenvalue weighted by atomic mass is 9.89. The lowest BCUT2D eigenvalue weighted by Gasteiger charge is -2.20. The second-order valence-electron chi connectivity index (χ2n) is 4.99. The van der Waals surface area contributed by atoms with Gasteiger partial charge in [0.15, 0.2) is 0 Å². The van der Waals surface area contributed by atoms with Gasteiger partial charge in [-0.1, -0.05) is 39.8 Å². The Labute approximate surface area is 97.9 Å². The van der Waals surface area contributed by atoms with Gasteiger partial charge in [-0.15, -0.1) is 0 Å². The number of benzene rings is 1. The zero-order valence-electron chi connectivity index (χ0n) is 10.8. The molecular formula is C14H22O2. The molecule has 1 atom stereocenters. The van der Waals surface area contributed by atoms with Crippen molar-refractivity contribution in [3.05, 3.63) is 28.8 Å². The summed E-state index contributed by atoms with van der Waals surface area (Å²) in [6, 6.07) is 3.98. The molecule has 0 fully saturated rings. The maximum atomic E-state index is 10.2. The van der Waals surface area contributed by atoms with Gasteiger partial charge < -0.3 is 10.2 Å². The van der Waals surface area contributed by atoms with Crippen LogP contribution in [0.1, 0.15) is 69.2 Å². The molecule has 16 heavy (non-hydrogen) atoms. The summed E-state index contributed by atoms with van der Waals surface area (Å²) < 4.78 is 0. The number of phenolic OH excluding ortho intramolecular Hbond substituents is 1. The van der Waals surface area contributed by atoms with Crippen LogP contribution in [0.2, 0.25) is 0 Å². The van der Waals surface area contributed by atoms with E-state index in [1.165, 1.54) is 0 Å². The average Bonchev–Trinajstić information content (AvgIpc) is 2.15. The van der Waals surface area contributed by atoms with Crippen molar-refractivity contribution in [1.82, 2.24) is 0 Å². The molecule has 1 aromatic carbocycles. The molecule has 0 saturated carbocycles. The minimum absolute atomic E-state index is 0.260. The first-order valence-electron chi connectivity index (χ1n) is 5.90. The van der Waals surface area contributed by atoms with Crippen molar-refractivity contribution in [2.45, 2.75) is 52.6 Å². The van der Waals surface area contributed by atoms with E-state index in [1.807, 2.05) is 26.0 Å². The van der Waals surface area contributed by atoms with Gasteiger partial charge in [-0.05, 0) is 29.9 Å². The fourth-order valence-corrected chi connectivity index (χ4v) is 2.05. The van der Waals surface area contributed by atoms with E-state index in [-0.39, 0.29) is 11.7 Å². The average molecular weight is 222 g/mol. The molecule has 1 aromatic rings. The summed E-state index contributed by atoms with van der Waals surface area (Å²) in [6.45, 7) is 9.91. The molecule has 90 valence electrons. The van der Waals surface area contributed by atoms with Crippen LogP contribution in [0.5, 0.6) is 5.75 Å². The van der Waals surface area contributed by atoms with Crippen LogP contribution >= 0.6 is 0 Å². The number of hydrogen-bond donors (Lipinski definition) is 2. The van der Waals surface area contributed by atoms with E-state index in [0.29, 0.717) is 11.5 Å². The van der Waals surface area contributed by atoms with Crippen LogP contribution in [0.3, 0.4) is 0 Å². The fraction of sp³-hybridized carbons (Fsp3) is 0.571. The van der Waals surface area contributed by atoms with Crippen molar-refractivity contribution in [2.24, 2.45) is 0 Å². The molecule has 0 saturated heterocycles. The molecule has 1 rings (SSSR count). The number of aliphatic hydroxyl groups excluding tert-OH is 1. The highest BCUT2D eigenvalue weighted by Crippen LogP contribution is 2.37. The van der Waals surface area contributed by atoms with Gasteiger partial charge in [0, 0.05) is 5.56 Å². The number of phenols is 1. The Morgan fingerprint density at radius 3 is 1.69 bits per heavy atom. The summed E-state index contributed by atoms with van der Waals surface area (Å²) in [5, 5.41) is 20.0. The maximum absolute atomic E-state index is 10.2. The second kappa shape index (κ2) is 4.88. The third-order valence-corrected chi connectivity index (χ3v) is 2.94. The van der Waals surface area contributed by atoms with Gasteiger partial charge in [0.25, 0.3) is 0 Å². The Balaban J connectivity index is 3.42. The van der Waals surface area contributed by atoms with Crippen molar-refractivity contribution in [1.29, 1.82) is 0 Å². The third kappa shape index (κ3) is 2.38. The topological polar surface area (TPSA) is 40.5 Å².